The summed E-state index contributed by atoms with van der Waals surface area (Å²) >= 11 is 0. The van der Waals surface area contributed by atoms with Crippen LogP contribution in [0.4, 0.5) is 0 Å². The second-order valence-corrected chi connectivity index (χ2v) is 5.72. The largest absolute Gasteiger partial charge is 0.483 e. The minimum Gasteiger partial charge on any atom is -0.483 e. The number of hydrogen-bond acceptors (Lipinski definition) is 3. The van der Waals surface area contributed by atoms with Gasteiger partial charge in [0.1, 0.15) is 11.4 Å². The molecule has 0 radical (unpaired) electrons. The highest BCUT2D eigenvalue weighted by atomic mass is 16.5. The van der Waals surface area contributed by atoms with E-state index < -0.39 is 5.60 Å². The molecule has 22 heavy (non-hydrogen) atoms. The molecule has 1 aliphatic rings. The van der Waals surface area contributed by atoms with Crippen LogP contribution in [0.5, 0.6) is 5.75 Å². The van der Waals surface area contributed by atoms with Crippen molar-refractivity contribution in [3.8, 4) is 5.75 Å². The number of fused-ring (bicyclic) bond motifs is 1. The summed E-state index contributed by atoms with van der Waals surface area (Å²) in [4.78, 5) is 11.4. The molecule has 1 aliphatic heterocycles. The fourth-order valence-electron chi connectivity index (χ4n) is 2.26. The van der Waals surface area contributed by atoms with Gasteiger partial charge in [-0.05, 0) is 51.0 Å². The first-order valence-corrected chi connectivity index (χ1v) is 7.46. The van der Waals surface area contributed by atoms with Crippen molar-refractivity contribution in [3.63, 3.8) is 0 Å². The van der Waals surface area contributed by atoms with Gasteiger partial charge >= 0.3 is 5.97 Å². The summed E-state index contributed by atoms with van der Waals surface area (Å²) in [5, 5.41) is 0. The Kier molecular flexibility index (Phi) is 4.86. The Balaban J connectivity index is 2.23. The van der Waals surface area contributed by atoms with E-state index in [4.69, 9.17) is 9.47 Å². The van der Waals surface area contributed by atoms with Crippen molar-refractivity contribution in [2.75, 3.05) is 6.61 Å². The smallest absolute Gasteiger partial charge is 0.330 e. The van der Waals surface area contributed by atoms with Gasteiger partial charge in [-0.1, -0.05) is 30.4 Å². The lowest BCUT2D eigenvalue weighted by Crippen LogP contribution is -2.32. The van der Waals surface area contributed by atoms with E-state index in [1.165, 1.54) is 6.08 Å². The zero-order valence-electron chi connectivity index (χ0n) is 13.6. The van der Waals surface area contributed by atoms with E-state index in [-0.39, 0.29) is 5.97 Å². The molecule has 0 amide bonds. The Bertz CT molecular complexity index is 648. The van der Waals surface area contributed by atoms with Crippen molar-refractivity contribution in [3.05, 3.63) is 59.2 Å². The van der Waals surface area contributed by atoms with Crippen LogP contribution in [0.2, 0.25) is 0 Å². The van der Waals surface area contributed by atoms with E-state index in [9.17, 15) is 4.79 Å². The molecule has 0 saturated heterocycles. The van der Waals surface area contributed by atoms with Crippen molar-refractivity contribution >= 4 is 12.0 Å². The maximum absolute atomic E-state index is 11.4. The molecular weight excluding hydrogens is 276 g/mol. The minimum absolute atomic E-state index is 0.317. The molecule has 3 nitrogen and oxygen atoms in total. The molecule has 0 fully saturated rings. The summed E-state index contributed by atoms with van der Waals surface area (Å²) in [5.41, 5.74) is 2.56. The van der Waals surface area contributed by atoms with Gasteiger partial charge in [0.2, 0.25) is 0 Å². The Morgan fingerprint density at radius 1 is 1.32 bits per heavy atom. The number of carbonyl (C=O) groups excluding carboxylic acids is 1. The number of ether oxygens (including phenoxy) is 2. The summed E-state index contributed by atoms with van der Waals surface area (Å²) in [6.45, 7) is 8.11. The van der Waals surface area contributed by atoms with Crippen LogP contribution < -0.4 is 4.74 Å². The van der Waals surface area contributed by atoms with E-state index >= 15 is 0 Å². The summed E-state index contributed by atoms with van der Waals surface area (Å²) in [6.07, 6.45) is 7.50. The van der Waals surface area contributed by atoms with Gasteiger partial charge in [-0.2, -0.15) is 0 Å². The lowest BCUT2D eigenvalue weighted by Gasteiger charge is -2.32. The summed E-state index contributed by atoms with van der Waals surface area (Å²) < 4.78 is 11.0. The number of hydrogen-bond donors (Lipinski definition) is 0. The minimum atomic E-state index is -0.408. The van der Waals surface area contributed by atoms with Gasteiger partial charge in [-0.3, -0.25) is 0 Å². The zero-order valence-corrected chi connectivity index (χ0v) is 13.6. The van der Waals surface area contributed by atoms with Crippen LogP contribution in [-0.4, -0.2) is 18.2 Å². The molecule has 3 heteroatoms. The van der Waals surface area contributed by atoms with Gasteiger partial charge in [0.15, 0.2) is 0 Å². The number of allylic oxidation sites excluding steroid dienone is 2. The zero-order chi connectivity index (χ0) is 16.2. The second kappa shape index (κ2) is 6.65. The average molecular weight is 298 g/mol. The molecule has 0 saturated carbocycles. The number of rotatable bonds is 4. The summed E-state index contributed by atoms with van der Waals surface area (Å²) in [6, 6.07) is 7.96. The van der Waals surface area contributed by atoms with Gasteiger partial charge in [-0.25, -0.2) is 4.79 Å². The Morgan fingerprint density at radius 2 is 2.05 bits per heavy atom. The molecule has 116 valence electrons. The predicted molar refractivity (Wildman–Crippen MR) is 88.7 cm³/mol. The number of esters is 1. The van der Waals surface area contributed by atoms with Crippen LogP contribution in [0.25, 0.3) is 6.08 Å². The third-order valence-corrected chi connectivity index (χ3v) is 3.45. The SMILES string of the molecule is CCOC(=O)C=C(C)C=CC1=Cc2ccccc2OC1(C)C. The van der Waals surface area contributed by atoms with Crippen LogP contribution >= 0.6 is 0 Å². The molecule has 0 spiro atoms. The number of carbonyl (C=O) groups is 1. The maximum Gasteiger partial charge on any atom is 0.330 e. The van der Waals surface area contributed by atoms with E-state index in [0.717, 1.165) is 22.5 Å². The molecule has 1 heterocycles. The molecule has 0 aliphatic carbocycles. The maximum atomic E-state index is 11.4. The van der Waals surface area contributed by atoms with Gasteiger partial charge in [-0.15, -0.1) is 0 Å². The van der Waals surface area contributed by atoms with Gasteiger partial charge in [0.05, 0.1) is 6.61 Å². The van der Waals surface area contributed by atoms with Gasteiger partial charge < -0.3 is 9.47 Å². The van der Waals surface area contributed by atoms with Gasteiger partial charge in [0, 0.05) is 11.6 Å². The quantitative estimate of drug-likeness (QED) is 0.472. The first-order chi connectivity index (χ1) is 10.4. The van der Waals surface area contributed by atoms with Crippen molar-refractivity contribution in [1.29, 1.82) is 0 Å². The summed E-state index contributed by atoms with van der Waals surface area (Å²) in [7, 11) is 0. The highest BCUT2D eigenvalue weighted by Gasteiger charge is 2.28. The molecule has 0 atom stereocenters. The first kappa shape index (κ1) is 16.1. The Morgan fingerprint density at radius 3 is 2.77 bits per heavy atom. The van der Waals surface area contributed by atoms with E-state index in [2.05, 4.69) is 6.08 Å². The lowest BCUT2D eigenvalue weighted by molar-refractivity contribution is -0.137. The third-order valence-electron chi connectivity index (χ3n) is 3.45. The second-order valence-electron chi connectivity index (χ2n) is 5.72. The average Bonchev–Trinajstić information content (AvgIpc) is 2.44. The molecule has 0 unspecified atom stereocenters. The third kappa shape index (κ3) is 3.88. The molecule has 0 N–H and O–H groups in total. The highest BCUT2D eigenvalue weighted by Crippen LogP contribution is 2.35. The molecule has 1 aromatic carbocycles. The van der Waals surface area contributed by atoms with Crippen LogP contribution in [0, 0.1) is 0 Å². The number of benzene rings is 1. The van der Waals surface area contributed by atoms with E-state index in [1.807, 2.05) is 57.2 Å². The summed E-state index contributed by atoms with van der Waals surface area (Å²) in [5.74, 6) is 0.576. The molecule has 0 bridgehead atoms. The van der Waals surface area contributed by atoms with Crippen LogP contribution in [0.1, 0.15) is 33.3 Å². The van der Waals surface area contributed by atoms with Gasteiger partial charge in [0.25, 0.3) is 0 Å². The topological polar surface area (TPSA) is 35.5 Å². The van der Waals surface area contributed by atoms with E-state index in [0.29, 0.717) is 6.61 Å². The molecule has 1 aromatic rings. The standard InChI is InChI=1S/C19H22O3/c1-5-21-18(20)12-14(2)10-11-16-13-15-8-6-7-9-17(15)22-19(16,3)4/h6-13H,5H2,1-4H3. The fraction of sp³-hybridized carbons (Fsp3) is 0.316. The van der Waals surface area contributed by atoms with E-state index in [1.54, 1.807) is 6.92 Å². The molecular formula is C19H22O3. The Hall–Kier alpha value is -2.29. The Labute approximate surface area is 131 Å². The van der Waals surface area contributed by atoms with Crippen LogP contribution in [0.3, 0.4) is 0 Å². The van der Waals surface area contributed by atoms with Crippen molar-refractivity contribution in [1.82, 2.24) is 0 Å². The first-order valence-electron chi connectivity index (χ1n) is 7.46. The fourth-order valence-corrected chi connectivity index (χ4v) is 2.26. The monoisotopic (exact) mass is 298 g/mol. The molecule has 2 rings (SSSR count). The van der Waals surface area contributed by atoms with Crippen molar-refractivity contribution in [2.24, 2.45) is 0 Å². The van der Waals surface area contributed by atoms with Crippen molar-refractivity contribution < 1.29 is 14.3 Å². The lowest BCUT2D eigenvalue weighted by atomic mass is 9.91. The molecule has 0 aromatic heterocycles. The predicted octanol–water partition coefficient (Wildman–Crippen LogP) is 4.31. The van der Waals surface area contributed by atoms with Crippen molar-refractivity contribution in [2.45, 2.75) is 33.3 Å². The van der Waals surface area contributed by atoms with Crippen LogP contribution in [-0.2, 0) is 9.53 Å². The number of para-hydroxylation sites is 1. The van der Waals surface area contributed by atoms with Crippen LogP contribution in [0.15, 0.2) is 53.6 Å². The highest BCUT2D eigenvalue weighted by molar-refractivity contribution is 5.83. The normalized spacial score (nSPS) is 16.7.